The summed E-state index contributed by atoms with van der Waals surface area (Å²) >= 11 is 0. The monoisotopic (exact) mass is 546 g/mol. The normalized spacial score (nSPS) is 22.8. The first-order valence-electron chi connectivity index (χ1n) is 12.2. The van der Waals surface area contributed by atoms with E-state index >= 15 is 0 Å². The second-order valence-corrected chi connectivity index (χ2v) is 10.8. The van der Waals surface area contributed by atoms with E-state index in [0.29, 0.717) is 11.2 Å². The zero-order valence-corrected chi connectivity index (χ0v) is 21.6. The summed E-state index contributed by atoms with van der Waals surface area (Å²) in [5, 5.41) is 27.5. The van der Waals surface area contributed by atoms with Crippen LogP contribution in [0.1, 0.15) is 51.6 Å². The topological polar surface area (TPSA) is 159 Å². The van der Waals surface area contributed by atoms with Crippen LogP contribution in [0.15, 0.2) is 41.3 Å². The van der Waals surface area contributed by atoms with Crippen LogP contribution < -0.4 is 16.6 Å². The molecule has 1 aromatic carbocycles. The van der Waals surface area contributed by atoms with Gasteiger partial charge in [-0.3, -0.25) is 9.48 Å². The van der Waals surface area contributed by atoms with E-state index in [0.717, 1.165) is 0 Å². The van der Waals surface area contributed by atoms with Crippen LogP contribution in [0.25, 0.3) is 10.9 Å². The van der Waals surface area contributed by atoms with Gasteiger partial charge in [-0.1, -0.05) is 32.9 Å². The van der Waals surface area contributed by atoms with Crippen molar-refractivity contribution in [2.24, 2.45) is 11.1 Å². The first-order valence-corrected chi connectivity index (χ1v) is 12.2. The van der Waals surface area contributed by atoms with Crippen LogP contribution in [0.5, 0.6) is 0 Å². The lowest BCUT2D eigenvalue weighted by molar-refractivity contribution is -0.206. The number of carboxylic acid groups (broad SMARTS) is 1. The predicted octanol–water partition coefficient (Wildman–Crippen LogP) is 4.32. The molecule has 1 aliphatic rings. The molecule has 13 heteroatoms. The number of nitrogens with zero attached hydrogens (tertiary/aromatic N) is 3. The molecule has 0 aliphatic carbocycles. The SMILES string of the molecule is CC(C)(C)C1(C(=O)O)CCC(CC#N)(n2nc(Nc3ccc(C(N)C(F)(F)F)cc3)c3c(=O)[nH]ccc32)CO1. The minimum absolute atomic E-state index is 0.0696. The highest BCUT2D eigenvalue weighted by Gasteiger charge is 2.56. The van der Waals surface area contributed by atoms with Gasteiger partial charge in [-0.05, 0) is 36.6 Å². The summed E-state index contributed by atoms with van der Waals surface area (Å²) in [7, 11) is 0. The molecule has 5 N–H and O–H groups in total. The highest BCUT2D eigenvalue weighted by atomic mass is 19.4. The lowest BCUT2D eigenvalue weighted by Gasteiger charge is -2.49. The number of aromatic nitrogens is 3. The van der Waals surface area contributed by atoms with Crippen LogP contribution in [-0.4, -0.2) is 44.2 Å². The maximum atomic E-state index is 13.0. The number of alkyl halides is 3. The van der Waals surface area contributed by atoms with Crippen LogP contribution in [-0.2, 0) is 15.1 Å². The third-order valence-corrected chi connectivity index (χ3v) is 7.43. The van der Waals surface area contributed by atoms with E-state index in [9.17, 15) is 33.1 Å². The molecular formula is C26H29F3N6O4. The van der Waals surface area contributed by atoms with Crippen molar-refractivity contribution in [2.75, 3.05) is 11.9 Å². The molecule has 39 heavy (non-hydrogen) atoms. The fraction of sp³-hybridized carbons (Fsp3) is 0.462. The largest absolute Gasteiger partial charge is 0.479 e. The number of pyridine rings is 1. The Hall–Kier alpha value is -3.89. The molecule has 0 amide bonds. The number of aliphatic carboxylic acids is 1. The Morgan fingerprint density at radius 2 is 1.95 bits per heavy atom. The van der Waals surface area contributed by atoms with E-state index in [1.165, 1.54) is 35.1 Å². The van der Waals surface area contributed by atoms with Gasteiger partial charge in [0.2, 0.25) is 0 Å². The molecule has 10 nitrogen and oxygen atoms in total. The summed E-state index contributed by atoms with van der Waals surface area (Å²) in [5.41, 5.74) is 2.12. The van der Waals surface area contributed by atoms with E-state index in [-0.39, 0.29) is 42.6 Å². The van der Waals surface area contributed by atoms with Crippen LogP contribution in [0.2, 0.25) is 0 Å². The smallest absolute Gasteiger partial charge is 0.407 e. The van der Waals surface area contributed by atoms with Crippen molar-refractivity contribution in [3.8, 4) is 6.07 Å². The molecule has 3 unspecified atom stereocenters. The summed E-state index contributed by atoms with van der Waals surface area (Å²) in [6.07, 6.45) is -2.90. The van der Waals surface area contributed by atoms with E-state index in [1.807, 2.05) is 0 Å². The molecule has 0 spiro atoms. The van der Waals surface area contributed by atoms with Crippen molar-refractivity contribution < 1.29 is 27.8 Å². The number of ether oxygens (including phenoxy) is 1. The summed E-state index contributed by atoms with van der Waals surface area (Å²) < 4.78 is 46.5. The number of hydrogen-bond acceptors (Lipinski definition) is 7. The zero-order valence-electron chi connectivity index (χ0n) is 21.6. The van der Waals surface area contributed by atoms with E-state index in [2.05, 4.69) is 21.5 Å². The molecule has 3 aromatic rings. The fourth-order valence-corrected chi connectivity index (χ4v) is 5.05. The Kier molecular flexibility index (Phi) is 6.99. The second-order valence-electron chi connectivity index (χ2n) is 10.8. The predicted molar refractivity (Wildman–Crippen MR) is 136 cm³/mol. The van der Waals surface area contributed by atoms with Crippen LogP contribution in [0, 0.1) is 16.7 Å². The number of nitrogens with one attached hydrogen (secondary N) is 2. The number of rotatable bonds is 6. The Bertz CT molecular complexity index is 1470. The van der Waals surface area contributed by atoms with Gasteiger partial charge in [0.15, 0.2) is 11.4 Å². The lowest BCUT2D eigenvalue weighted by atomic mass is 9.69. The summed E-state index contributed by atoms with van der Waals surface area (Å²) in [5.74, 6) is -0.985. The number of carboxylic acids is 1. The van der Waals surface area contributed by atoms with Gasteiger partial charge in [-0.25, -0.2) is 4.79 Å². The van der Waals surface area contributed by atoms with Crippen molar-refractivity contribution in [1.29, 1.82) is 5.26 Å². The molecule has 0 bridgehead atoms. The van der Waals surface area contributed by atoms with Gasteiger partial charge in [0, 0.05) is 17.3 Å². The highest BCUT2D eigenvalue weighted by Crippen LogP contribution is 2.47. The molecule has 1 aliphatic heterocycles. The van der Waals surface area contributed by atoms with Crippen LogP contribution >= 0.6 is 0 Å². The number of benzene rings is 1. The third-order valence-electron chi connectivity index (χ3n) is 7.43. The van der Waals surface area contributed by atoms with Gasteiger partial charge >= 0.3 is 12.1 Å². The Morgan fingerprint density at radius 1 is 1.28 bits per heavy atom. The average molecular weight is 547 g/mol. The van der Waals surface area contributed by atoms with Crippen molar-refractivity contribution >= 4 is 28.4 Å². The van der Waals surface area contributed by atoms with Gasteiger partial charge in [0.25, 0.3) is 5.56 Å². The summed E-state index contributed by atoms with van der Waals surface area (Å²) in [4.78, 5) is 27.7. The molecule has 3 atom stereocenters. The number of H-pyrrole nitrogens is 1. The first kappa shape index (κ1) is 28.1. The molecule has 4 rings (SSSR count). The minimum Gasteiger partial charge on any atom is -0.479 e. The van der Waals surface area contributed by atoms with Gasteiger partial charge in [0.05, 0.1) is 30.2 Å². The molecule has 3 heterocycles. The fourth-order valence-electron chi connectivity index (χ4n) is 5.05. The molecular weight excluding hydrogens is 517 g/mol. The van der Waals surface area contributed by atoms with Crippen LogP contribution in [0.4, 0.5) is 24.7 Å². The van der Waals surface area contributed by atoms with Crippen molar-refractivity contribution in [3.05, 3.63) is 52.4 Å². The number of aromatic amines is 1. The number of carbonyl (C=O) groups is 1. The van der Waals surface area contributed by atoms with E-state index in [1.54, 1.807) is 26.8 Å². The van der Waals surface area contributed by atoms with Gasteiger partial charge in [-0.15, -0.1) is 0 Å². The first-order chi connectivity index (χ1) is 18.1. The Labute approximate surface area is 221 Å². The number of hydrogen-bond donors (Lipinski definition) is 4. The standard InChI is InChI=1S/C26H29F3N6O4/c1-23(2,3)25(22(37)38)10-9-24(11-12-30,14-39-25)35-17-8-13-32-21(36)18(17)20(34-35)33-16-6-4-15(5-7-16)19(31)26(27,28)29/h4-8,13,19H,9-11,14,31H2,1-3H3,(H,32,36)(H,33,34)(H,37,38). The van der Waals surface area contributed by atoms with E-state index < -0.39 is 40.3 Å². The second kappa shape index (κ2) is 9.69. The number of nitriles is 1. The lowest BCUT2D eigenvalue weighted by Crippen LogP contribution is -2.59. The Balaban J connectivity index is 1.75. The molecule has 208 valence electrons. The molecule has 0 radical (unpaired) electrons. The van der Waals surface area contributed by atoms with Crippen molar-refractivity contribution in [3.63, 3.8) is 0 Å². The average Bonchev–Trinajstić information content (AvgIpc) is 3.23. The van der Waals surface area contributed by atoms with Crippen LogP contribution in [0.3, 0.4) is 0 Å². The minimum atomic E-state index is -4.60. The maximum absolute atomic E-state index is 13.0. The van der Waals surface area contributed by atoms with Gasteiger partial charge < -0.3 is 25.9 Å². The van der Waals surface area contributed by atoms with Crippen molar-refractivity contribution in [1.82, 2.24) is 14.8 Å². The number of anilines is 2. The van der Waals surface area contributed by atoms with E-state index in [4.69, 9.17) is 10.5 Å². The molecule has 0 saturated carbocycles. The molecule has 1 fully saturated rings. The quantitative estimate of drug-likeness (QED) is 0.356. The van der Waals surface area contributed by atoms with Gasteiger partial charge in [0.1, 0.15) is 11.4 Å². The number of halogens is 3. The summed E-state index contributed by atoms with van der Waals surface area (Å²) in [6, 6.07) is 6.86. The summed E-state index contributed by atoms with van der Waals surface area (Å²) in [6.45, 7) is 5.18. The number of fused-ring (bicyclic) bond motifs is 1. The van der Waals surface area contributed by atoms with Crippen molar-refractivity contribution in [2.45, 2.75) is 63.4 Å². The van der Waals surface area contributed by atoms with Gasteiger partial charge in [-0.2, -0.15) is 23.5 Å². The number of nitrogens with two attached hydrogens (primary N) is 1. The highest BCUT2D eigenvalue weighted by molar-refractivity contribution is 5.91. The molecule has 2 aromatic heterocycles. The molecule has 1 saturated heterocycles. The third kappa shape index (κ3) is 4.86. The maximum Gasteiger partial charge on any atom is 0.407 e. The zero-order chi connectivity index (χ0) is 28.8. The Morgan fingerprint density at radius 3 is 2.46 bits per heavy atom.